The molecule has 1 N–H and O–H groups in total. The Morgan fingerprint density at radius 2 is 1.91 bits per heavy atom. The second kappa shape index (κ2) is 9.97. The maximum absolute atomic E-state index is 12.8. The van der Waals surface area contributed by atoms with Crippen LogP contribution in [0.25, 0.3) is 16.8 Å². The van der Waals surface area contributed by atoms with Crippen molar-refractivity contribution in [3.8, 4) is 5.75 Å². The molecule has 5 nitrogen and oxygen atoms in total. The summed E-state index contributed by atoms with van der Waals surface area (Å²) in [6.45, 7) is 0.408. The third-order valence-corrected chi connectivity index (χ3v) is 6.46. The molecule has 0 aliphatic carbocycles. The number of methoxy groups -OCH3 is 1. The maximum Gasteiger partial charge on any atom is 0.266 e. The average molecular weight is 463 g/mol. The van der Waals surface area contributed by atoms with Gasteiger partial charge in [0.05, 0.1) is 12.0 Å². The Morgan fingerprint density at radius 1 is 1.09 bits per heavy atom. The van der Waals surface area contributed by atoms with Crippen LogP contribution in [0.15, 0.2) is 71.6 Å². The lowest BCUT2D eigenvalue weighted by Gasteiger charge is -2.14. The van der Waals surface area contributed by atoms with Gasteiger partial charge < -0.3 is 10.1 Å². The molecule has 0 saturated carbocycles. The molecule has 0 atom stereocenters. The number of carbonyl (C=O) groups excluding carboxylic acids is 2. The fraction of sp³-hybridized carbons (Fsp3) is 0.160. The van der Waals surface area contributed by atoms with E-state index in [1.54, 1.807) is 12.0 Å². The first-order valence-corrected chi connectivity index (χ1v) is 11.4. The number of thioether (sulfide) groups is 1. The van der Waals surface area contributed by atoms with Crippen LogP contribution < -0.4 is 10.1 Å². The molecule has 2 amide bonds. The van der Waals surface area contributed by atoms with Gasteiger partial charge in [0.1, 0.15) is 10.1 Å². The minimum absolute atomic E-state index is 0.0855. The molecule has 3 aromatic rings. The van der Waals surface area contributed by atoms with Crippen LogP contribution in [0.1, 0.15) is 18.4 Å². The highest BCUT2D eigenvalue weighted by atomic mass is 32.2. The lowest BCUT2D eigenvalue weighted by molar-refractivity contribution is -0.122. The van der Waals surface area contributed by atoms with E-state index in [0.29, 0.717) is 28.6 Å². The molecule has 1 aliphatic rings. The first kappa shape index (κ1) is 22.0. The highest BCUT2D eigenvalue weighted by molar-refractivity contribution is 8.26. The van der Waals surface area contributed by atoms with E-state index in [2.05, 4.69) is 5.32 Å². The van der Waals surface area contributed by atoms with Crippen LogP contribution in [0.2, 0.25) is 0 Å². The van der Waals surface area contributed by atoms with E-state index in [4.69, 9.17) is 17.0 Å². The number of carbonyl (C=O) groups is 2. The quantitative estimate of drug-likeness (QED) is 0.373. The van der Waals surface area contributed by atoms with Crippen LogP contribution in [0.5, 0.6) is 5.75 Å². The number of nitrogens with one attached hydrogen (secondary N) is 1. The summed E-state index contributed by atoms with van der Waals surface area (Å²) in [7, 11) is 1.61. The molecule has 0 unspecified atom stereocenters. The standard InChI is InChI=1S/C25H22N2O3S2/c1-30-21-9-4-6-17(14-21)15-22-24(29)27(25(31)32-22)13-5-10-23(28)26-20-12-11-18-7-2-3-8-19(18)16-20/h2-4,6-9,11-12,14-16H,5,10,13H2,1H3,(H,26,28). The van der Waals surface area contributed by atoms with Crippen molar-refractivity contribution in [1.29, 1.82) is 0 Å². The molecule has 0 bridgehead atoms. The van der Waals surface area contributed by atoms with Gasteiger partial charge in [0.15, 0.2) is 0 Å². The number of ether oxygens (including phenoxy) is 1. The molecule has 0 radical (unpaired) electrons. The number of amides is 2. The van der Waals surface area contributed by atoms with Crippen molar-refractivity contribution in [1.82, 2.24) is 4.90 Å². The topological polar surface area (TPSA) is 58.6 Å². The van der Waals surface area contributed by atoms with Gasteiger partial charge in [-0.3, -0.25) is 14.5 Å². The fourth-order valence-corrected chi connectivity index (χ4v) is 4.77. The number of hydrogen-bond donors (Lipinski definition) is 1. The SMILES string of the molecule is COc1cccc(C=C2SC(=S)N(CCCC(=O)Nc3ccc4ccccc4c3)C2=O)c1. The third-order valence-electron chi connectivity index (χ3n) is 5.08. The number of anilines is 1. The molecule has 0 spiro atoms. The first-order valence-electron chi connectivity index (χ1n) is 10.2. The average Bonchev–Trinajstić information content (AvgIpc) is 3.06. The Morgan fingerprint density at radius 3 is 2.72 bits per heavy atom. The molecule has 1 aliphatic heterocycles. The number of hydrogen-bond acceptors (Lipinski definition) is 5. The molecule has 32 heavy (non-hydrogen) atoms. The van der Waals surface area contributed by atoms with Gasteiger partial charge in [0.2, 0.25) is 5.91 Å². The molecular formula is C25H22N2O3S2. The van der Waals surface area contributed by atoms with Gasteiger partial charge in [-0.1, -0.05) is 66.4 Å². The van der Waals surface area contributed by atoms with E-state index in [-0.39, 0.29) is 11.8 Å². The first-order chi connectivity index (χ1) is 15.5. The van der Waals surface area contributed by atoms with Gasteiger partial charge in [0.25, 0.3) is 5.91 Å². The van der Waals surface area contributed by atoms with Gasteiger partial charge in [-0.15, -0.1) is 0 Å². The molecule has 1 saturated heterocycles. The summed E-state index contributed by atoms with van der Waals surface area (Å²) in [6, 6.07) is 21.3. The van der Waals surface area contributed by atoms with E-state index in [0.717, 1.165) is 27.8 Å². The lowest BCUT2D eigenvalue weighted by atomic mass is 10.1. The molecule has 7 heteroatoms. The summed E-state index contributed by atoms with van der Waals surface area (Å²) < 4.78 is 5.75. The van der Waals surface area contributed by atoms with Crippen molar-refractivity contribution in [3.63, 3.8) is 0 Å². The Kier molecular flexibility index (Phi) is 6.87. The molecule has 1 heterocycles. The molecule has 162 valence electrons. The van der Waals surface area contributed by atoms with Crippen LogP contribution >= 0.6 is 24.0 Å². The summed E-state index contributed by atoms with van der Waals surface area (Å²) >= 11 is 6.67. The molecule has 1 fully saturated rings. The van der Waals surface area contributed by atoms with Crippen molar-refractivity contribution in [2.45, 2.75) is 12.8 Å². The molecule has 4 rings (SSSR count). The predicted molar refractivity (Wildman–Crippen MR) is 135 cm³/mol. The van der Waals surface area contributed by atoms with Crippen molar-refractivity contribution in [3.05, 3.63) is 77.2 Å². The Balaban J connectivity index is 1.32. The van der Waals surface area contributed by atoms with Gasteiger partial charge >= 0.3 is 0 Å². The number of thiocarbonyl (C=S) groups is 1. The Hall–Kier alpha value is -3.16. The number of benzene rings is 3. The normalized spacial score (nSPS) is 14.9. The van der Waals surface area contributed by atoms with E-state index >= 15 is 0 Å². The number of rotatable bonds is 7. The zero-order chi connectivity index (χ0) is 22.5. The van der Waals surface area contributed by atoms with Crippen LogP contribution in [0, 0.1) is 0 Å². The minimum atomic E-state index is -0.127. The zero-order valence-corrected chi connectivity index (χ0v) is 19.2. The second-order valence-electron chi connectivity index (χ2n) is 7.32. The third kappa shape index (κ3) is 5.18. The van der Waals surface area contributed by atoms with Crippen molar-refractivity contribution >= 4 is 62.7 Å². The maximum atomic E-state index is 12.8. The lowest BCUT2D eigenvalue weighted by Crippen LogP contribution is -2.29. The number of nitrogens with zero attached hydrogens (tertiary/aromatic N) is 1. The number of fused-ring (bicyclic) bond motifs is 1. The highest BCUT2D eigenvalue weighted by Gasteiger charge is 2.31. The Labute approximate surface area is 196 Å². The summed E-state index contributed by atoms with van der Waals surface area (Å²) in [5, 5.41) is 5.13. The van der Waals surface area contributed by atoms with Gasteiger partial charge in [0, 0.05) is 18.7 Å². The fourth-order valence-electron chi connectivity index (χ4n) is 3.46. The van der Waals surface area contributed by atoms with Gasteiger partial charge in [-0.05, 0) is 53.1 Å². The molecule has 0 aromatic heterocycles. The Bertz CT molecular complexity index is 1220. The summed E-state index contributed by atoms with van der Waals surface area (Å²) in [5.74, 6) is 0.516. The summed E-state index contributed by atoms with van der Waals surface area (Å²) in [4.78, 5) is 27.3. The van der Waals surface area contributed by atoms with E-state index < -0.39 is 0 Å². The van der Waals surface area contributed by atoms with Crippen LogP contribution in [0.3, 0.4) is 0 Å². The van der Waals surface area contributed by atoms with E-state index in [1.165, 1.54) is 11.8 Å². The van der Waals surface area contributed by atoms with Crippen molar-refractivity contribution in [2.75, 3.05) is 19.0 Å². The van der Waals surface area contributed by atoms with E-state index in [9.17, 15) is 9.59 Å². The minimum Gasteiger partial charge on any atom is -0.497 e. The van der Waals surface area contributed by atoms with E-state index in [1.807, 2.05) is 72.8 Å². The monoisotopic (exact) mass is 462 g/mol. The van der Waals surface area contributed by atoms with Crippen LogP contribution in [0.4, 0.5) is 5.69 Å². The van der Waals surface area contributed by atoms with Crippen LogP contribution in [-0.2, 0) is 9.59 Å². The molecular weight excluding hydrogens is 440 g/mol. The van der Waals surface area contributed by atoms with Crippen molar-refractivity contribution in [2.24, 2.45) is 0 Å². The van der Waals surface area contributed by atoms with Crippen LogP contribution in [-0.4, -0.2) is 34.7 Å². The predicted octanol–water partition coefficient (Wildman–Crippen LogP) is 5.47. The van der Waals surface area contributed by atoms with Gasteiger partial charge in [-0.25, -0.2) is 0 Å². The second-order valence-corrected chi connectivity index (χ2v) is 9.00. The van der Waals surface area contributed by atoms with Gasteiger partial charge in [-0.2, -0.15) is 0 Å². The summed E-state index contributed by atoms with van der Waals surface area (Å²) in [5.41, 5.74) is 1.64. The molecule has 3 aromatic carbocycles. The van der Waals surface area contributed by atoms with Crippen molar-refractivity contribution < 1.29 is 14.3 Å². The zero-order valence-electron chi connectivity index (χ0n) is 17.5. The largest absolute Gasteiger partial charge is 0.497 e. The smallest absolute Gasteiger partial charge is 0.266 e. The highest BCUT2D eigenvalue weighted by Crippen LogP contribution is 2.33. The summed E-state index contributed by atoms with van der Waals surface area (Å²) in [6.07, 6.45) is 2.64.